The number of carbonyl (C=O) groups is 2. The topological polar surface area (TPSA) is 78.1 Å². The first-order chi connectivity index (χ1) is 13.0. The molecule has 0 spiro atoms. The fourth-order valence-electron chi connectivity index (χ4n) is 2.75. The summed E-state index contributed by atoms with van der Waals surface area (Å²) in [7, 11) is 1.30. The summed E-state index contributed by atoms with van der Waals surface area (Å²) in [6.07, 6.45) is 3.76. The number of hydrogen-bond acceptors (Lipinski definition) is 4. The number of aromatic nitrogens is 3. The highest BCUT2D eigenvalue weighted by molar-refractivity contribution is 5.95. The molecule has 27 heavy (non-hydrogen) atoms. The van der Waals surface area contributed by atoms with E-state index in [1.165, 1.54) is 7.11 Å². The lowest BCUT2D eigenvalue weighted by Gasteiger charge is -2.19. The smallest absolute Gasteiger partial charge is 0.328 e. The third-order valence-electron chi connectivity index (χ3n) is 4.20. The second-order valence-electron chi connectivity index (χ2n) is 6.44. The van der Waals surface area contributed by atoms with E-state index >= 15 is 0 Å². The molecule has 0 aliphatic carbocycles. The van der Waals surface area contributed by atoms with Crippen LogP contribution in [0.4, 0.5) is 0 Å². The molecule has 0 radical (unpaired) electrons. The number of amides is 1. The average Bonchev–Trinajstić information content (AvgIpc) is 3.35. The molecule has 0 saturated heterocycles. The Labute approximate surface area is 157 Å². The first kappa shape index (κ1) is 18.4. The molecule has 1 atom stereocenters. The van der Waals surface area contributed by atoms with Crippen LogP contribution in [-0.4, -0.2) is 39.4 Å². The minimum absolute atomic E-state index is 0.110. The van der Waals surface area contributed by atoms with Gasteiger partial charge in [-0.3, -0.25) is 4.79 Å². The molecule has 140 valence electrons. The van der Waals surface area contributed by atoms with Gasteiger partial charge in [0.2, 0.25) is 0 Å². The normalized spacial score (nSPS) is 12.0. The molecule has 1 N–H and O–H groups in total. The summed E-state index contributed by atoms with van der Waals surface area (Å²) >= 11 is 0. The van der Waals surface area contributed by atoms with Gasteiger partial charge < -0.3 is 14.6 Å². The molecule has 0 fully saturated rings. The molecule has 0 bridgehead atoms. The Hall–Kier alpha value is -3.35. The minimum Gasteiger partial charge on any atom is -0.467 e. The molecule has 3 rings (SSSR count). The highest BCUT2D eigenvalue weighted by Crippen LogP contribution is 2.17. The fraction of sp³-hybridized carbons (Fsp3) is 0.250. The monoisotopic (exact) mass is 366 g/mol. The zero-order chi connectivity index (χ0) is 19.4. The number of para-hydroxylation sites is 1. The molecular weight excluding hydrogens is 344 g/mol. The molecule has 2 heterocycles. The second kappa shape index (κ2) is 7.90. The lowest BCUT2D eigenvalue weighted by molar-refractivity contribution is -0.144. The summed E-state index contributed by atoms with van der Waals surface area (Å²) in [5, 5.41) is 7.19. The van der Waals surface area contributed by atoms with E-state index in [2.05, 4.69) is 10.4 Å². The van der Waals surface area contributed by atoms with Crippen LogP contribution in [0.3, 0.4) is 0 Å². The zero-order valence-electron chi connectivity index (χ0n) is 15.5. The van der Waals surface area contributed by atoms with Crippen molar-refractivity contribution in [3.8, 4) is 11.5 Å². The maximum atomic E-state index is 12.7. The van der Waals surface area contributed by atoms with Crippen molar-refractivity contribution in [3.63, 3.8) is 0 Å². The lowest BCUT2D eigenvalue weighted by Crippen LogP contribution is -2.45. The first-order valence-electron chi connectivity index (χ1n) is 8.68. The zero-order valence-corrected chi connectivity index (χ0v) is 15.5. The number of carbonyl (C=O) groups excluding carboxylic acids is 2. The van der Waals surface area contributed by atoms with Crippen molar-refractivity contribution in [2.24, 2.45) is 5.92 Å². The van der Waals surface area contributed by atoms with Crippen LogP contribution in [0, 0.1) is 5.92 Å². The molecule has 1 amide bonds. The maximum Gasteiger partial charge on any atom is 0.328 e. The number of benzene rings is 1. The summed E-state index contributed by atoms with van der Waals surface area (Å²) in [5.74, 6) is -0.300. The first-order valence-corrected chi connectivity index (χ1v) is 8.68. The van der Waals surface area contributed by atoms with Crippen LogP contribution < -0.4 is 5.32 Å². The molecule has 3 aromatic rings. The Bertz CT molecular complexity index is 914. The maximum absolute atomic E-state index is 12.7. The van der Waals surface area contributed by atoms with Gasteiger partial charge in [-0.05, 0) is 30.2 Å². The van der Waals surface area contributed by atoms with Crippen molar-refractivity contribution >= 4 is 11.9 Å². The van der Waals surface area contributed by atoms with Gasteiger partial charge in [0.25, 0.3) is 5.91 Å². The SMILES string of the molecule is COC(=O)[C@@H](NC(=O)c1cc(-n2cccc2)n(-c2ccccc2)n1)C(C)C. The Kier molecular flexibility index (Phi) is 5.40. The number of rotatable bonds is 6. The van der Waals surface area contributed by atoms with Crippen LogP contribution in [0.2, 0.25) is 0 Å². The number of nitrogens with one attached hydrogen (secondary N) is 1. The van der Waals surface area contributed by atoms with Gasteiger partial charge in [0, 0.05) is 18.5 Å². The van der Waals surface area contributed by atoms with Crippen LogP contribution in [0.25, 0.3) is 11.5 Å². The van der Waals surface area contributed by atoms with Crippen molar-refractivity contribution in [2.45, 2.75) is 19.9 Å². The fourth-order valence-corrected chi connectivity index (χ4v) is 2.75. The third-order valence-corrected chi connectivity index (χ3v) is 4.20. The van der Waals surface area contributed by atoms with E-state index in [1.807, 2.05) is 73.3 Å². The van der Waals surface area contributed by atoms with Crippen LogP contribution in [0.5, 0.6) is 0 Å². The van der Waals surface area contributed by atoms with Crippen LogP contribution in [-0.2, 0) is 9.53 Å². The molecule has 7 heteroatoms. The summed E-state index contributed by atoms with van der Waals surface area (Å²) in [5.41, 5.74) is 1.05. The van der Waals surface area contributed by atoms with Crippen molar-refractivity contribution in [1.29, 1.82) is 0 Å². The quantitative estimate of drug-likeness (QED) is 0.680. The van der Waals surface area contributed by atoms with Crippen molar-refractivity contribution in [3.05, 3.63) is 66.6 Å². The molecular formula is C20H22N4O3. The van der Waals surface area contributed by atoms with Gasteiger partial charge in [0.15, 0.2) is 5.69 Å². The van der Waals surface area contributed by atoms with Crippen LogP contribution in [0.1, 0.15) is 24.3 Å². The molecule has 0 unspecified atom stereocenters. The number of esters is 1. The van der Waals surface area contributed by atoms with Gasteiger partial charge in [0.1, 0.15) is 11.9 Å². The predicted octanol–water partition coefficient (Wildman–Crippen LogP) is 2.59. The molecule has 7 nitrogen and oxygen atoms in total. The van der Waals surface area contributed by atoms with Crippen LogP contribution >= 0.6 is 0 Å². The standard InChI is InChI=1S/C20H22N4O3/c1-14(2)18(20(26)27-3)21-19(25)16-13-17(23-11-7-8-12-23)24(22-16)15-9-5-4-6-10-15/h4-14,18H,1-3H3,(H,21,25)/t18-/m0/s1. The second-order valence-corrected chi connectivity index (χ2v) is 6.44. The Morgan fingerprint density at radius 2 is 1.74 bits per heavy atom. The molecule has 2 aromatic heterocycles. The van der Waals surface area contributed by atoms with Crippen molar-refractivity contribution in [1.82, 2.24) is 19.7 Å². The van der Waals surface area contributed by atoms with Gasteiger partial charge in [-0.15, -0.1) is 0 Å². The van der Waals surface area contributed by atoms with Gasteiger partial charge in [-0.1, -0.05) is 32.0 Å². The molecule has 0 aliphatic rings. The van der Waals surface area contributed by atoms with E-state index in [0.717, 1.165) is 11.5 Å². The van der Waals surface area contributed by atoms with E-state index in [9.17, 15) is 9.59 Å². The Morgan fingerprint density at radius 3 is 2.33 bits per heavy atom. The van der Waals surface area contributed by atoms with E-state index < -0.39 is 17.9 Å². The minimum atomic E-state index is -0.737. The number of nitrogens with zero attached hydrogens (tertiary/aromatic N) is 3. The lowest BCUT2D eigenvalue weighted by atomic mass is 10.0. The summed E-state index contributed by atoms with van der Waals surface area (Å²) in [6, 6.07) is 14.3. The highest BCUT2D eigenvalue weighted by atomic mass is 16.5. The van der Waals surface area contributed by atoms with Crippen LogP contribution in [0.15, 0.2) is 60.9 Å². The van der Waals surface area contributed by atoms with E-state index in [4.69, 9.17) is 4.74 Å². The Balaban J connectivity index is 1.97. The van der Waals surface area contributed by atoms with E-state index in [0.29, 0.717) is 0 Å². The highest BCUT2D eigenvalue weighted by Gasteiger charge is 2.27. The number of hydrogen-bond donors (Lipinski definition) is 1. The third kappa shape index (κ3) is 3.92. The van der Waals surface area contributed by atoms with Crippen molar-refractivity contribution in [2.75, 3.05) is 7.11 Å². The average molecular weight is 366 g/mol. The number of ether oxygens (including phenoxy) is 1. The van der Waals surface area contributed by atoms with E-state index in [-0.39, 0.29) is 11.6 Å². The van der Waals surface area contributed by atoms with Gasteiger partial charge in [-0.2, -0.15) is 5.10 Å². The van der Waals surface area contributed by atoms with Gasteiger partial charge in [-0.25, -0.2) is 9.48 Å². The molecule has 0 saturated carbocycles. The Morgan fingerprint density at radius 1 is 1.07 bits per heavy atom. The van der Waals surface area contributed by atoms with Crippen molar-refractivity contribution < 1.29 is 14.3 Å². The summed E-state index contributed by atoms with van der Waals surface area (Å²) in [4.78, 5) is 24.7. The van der Waals surface area contributed by atoms with Gasteiger partial charge in [0.05, 0.1) is 12.8 Å². The largest absolute Gasteiger partial charge is 0.467 e. The van der Waals surface area contributed by atoms with Gasteiger partial charge >= 0.3 is 5.97 Å². The van der Waals surface area contributed by atoms with E-state index in [1.54, 1.807) is 10.7 Å². The molecule has 0 aliphatic heterocycles. The predicted molar refractivity (Wildman–Crippen MR) is 101 cm³/mol. The molecule has 1 aromatic carbocycles. The summed E-state index contributed by atoms with van der Waals surface area (Å²) < 4.78 is 8.35. The number of methoxy groups -OCH3 is 1. The summed E-state index contributed by atoms with van der Waals surface area (Å²) in [6.45, 7) is 3.69.